The minimum Gasteiger partial charge on any atom is -0.397 e. The summed E-state index contributed by atoms with van der Waals surface area (Å²) in [6.45, 7) is 0.423. The van der Waals surface area contributed by atoms with Crippen LogP contribution in [0, 0.1) is 5.82 Å². The molecule has 0 aliphatic heterocycles. The summed E-state index contributed by atoms with van der Waals surface area (Å²) in [5.41, 5.74) is 17.3. The standard InChI is InChI=1S/C24H20FN7/c25-20-5-1-4-19-22(20)31-24(27)32-14-18(30-23(19)32)12-29-13-21(26)16-8-6-15(7-9-16)17-3-2-10-28-11-17/h1-11,13-14,29H,12,26H2,(H2,27,31)/b21-13-. The number of hydrogen-bond acceptors (Lipinski definition) is 6. The average Bonchev–Trinajstić information content (AvgIpc) is 3.26. The molecule has 0 aliphatic carbocycles. The number of para-hydroxylation sites is 1. The number of nitrogens with one attached hydrogen (secondary N) is 1. The van der Waals surface area contributed by atoms with Crippen LogP contribution < -0.4 is 16.8 Å². The van der Waals surface area contributed by atoms with E-state index in [1.165, 1.54) is 6.07 Å². The third kappa shape index (κ3) is 3.58. The second-order valence-electron chi connectivity index (χ2n) is 7.33. The van der Waals surface area contributed by atoms with Crippen molar-refractivity contribution in [3.8, 4) is 11.1 Å². The Morgan fingerprint density at radius 3 is 2.66 bits per heavy atom. The Kier molecular flexibility index (Phi) is 4.87. The van der Waals surface area contributed by atoms with Gasteiger partial charge >= 0.3 is 0 Å². The molecule has 0 saturated heterocycles. The predicted molar refractivity (Wildman–Crippen MR) is 124 cm³/mol. The van der Waals surface area contributed by atoms with E-state index in [0.717, 1.165) is 22.4 Å². The summed E-state index contributed by atoms with van der Waals surface area (Å²) in [5.74, 6) is -0.246. The van der Waals surface area contributed by atoms with Gasteiger partial charge in [0.25, 0.3) is 0 Å². The van der Waals surface area contributed by atoms with Gasteiger partial charge < -0.3 is 16.8 Å². The highest BCUT2D eigenvalue weighted by Gasteiger charge is 2.12. The molecule has 3 aromatic heterocycles. The van der Waals surface area contributed by atoms with E-state index in [1.807, 2.05) is 42.6 Å². The van der Waals surface area contributed by atoms with Crippen LogP contribution in [0.1, 0.15) is 11.3 Å². The lowest BCUT2D eigenvalue weighted by atomic mass is 10.0. The van der Waals surface area contributed by atoms with Gasteiger partial charge in [0.2, 0.25) is 5.95 Å². The minimum absolute atomic E-state index is 0.181. The van der Waals surface area contributed by atoms with Gasteiger partial charge in [-0.1, -0.05) is 36.4 Å². The van der Waals surface area contributed by atoms with E-state index < -0.39 is 5.82 Å². The SMILES string of the molecule is N/C(=C\NCc1cn2c(N)nc3c(F)cccc3c2n1)c1ccc(-c2cccnc2)cc1. The van der Waals surface area contributed by atoms with E-state index in [4.69, 9.17) is 11.5 Å². The van der Waals surface area contributed by atoms with Crippen LogP contribution >= 0.6 is 0 Å². The van der Waals surface area contributed by atoms with E-state index in [9.17, 15) is 4.39 Å². The molecular formula is C24H20FN7. The number of nitrogen functional groups attached to an aromatic ring is 1. The number of hydrogen-bond donors (Lipinski definition) is 3. The Morgan fingerprint density at radius 1 is 1.03 bits per heavy atom. The second-order valence-corrected chi connectivity index (χ2v) is 7.33. The lowest BCUT2D eigenvalue weighted by Crippen LogP contribution is -2.09. The summed E-state index contributed by atoms with van der Waals surface area (Å²) in [7, 11) is 0. The molecule has 0 amide bonds. The molecule has 3 heterocycles. The van der Waals surface area contributed by atoms with Crippen molar-refractivity contribution >= 4 is 28.2 Å². The van der Waals surface area contributed by atoms with Gasteiger partial charge in [-0.2, -0.15) is 0 Å². The van der Waals surface area contributed by atoms with Crippen molar-refractivity contribution in [2.24, 2.45) is 5.73 Å². The number of halogens is 1. The molecule has 8 heteroatoms. The van der Waals surface area contributed by atoms with Crippen molar-refractivity contribution in [1.82, 2.24) is 24.7 Å². The quantitative estimate of drug-likeness (QED) is 0.396. The van der Waals surface area contributed by atoms with Crippen molar-refractivity contribution in [3.05, 3.63) is 96.5 Å². The molecule has 0 radical (unpaired) electrons. The summed E-state index contributed by atoms with van der Waals surface area (Å²) in [5, 5.41) is 3.78. The highest BCUT2D eigenvalue weighted by atomic mass is 19.1. The Balaban J connectivity index is 1.34. The maximum absolute atomic E-state index is 14.1. The summed E-state index contributed by atoms with van der Waals surface area (Å²) in [6.07, 6.45) is 7.09. The van der Waals surface area contributed by atoms with Crippen molar-refractivity contribution in [2.75, 3.05) is 5.73 Å². The first-order chi connectivity index (χ1) is 15.6. The van der Waals surface area contributed by atoms with Crippen molar-refractivity contribution in [1.29, 1.82) is 0 Å². The number of aromatic nitrogens is 4. The fourth-order valence-electron chi connectivity index (χ4n) is 3.59. The van der Waals surface area contributed by atoms with Gasteiger partial charge in [-0.15, -0.1) is 0 Å². The number of anilines is 1. The Morgan fingerprint density at radius 2 is 1.88 bits per heavy atom. The number of fused-ring (bicyclic) bond motifs is 3. The summed E-state index contributed by atoms with van der Waals surface area (Å²) < 4.78 is 15.7. The highest BCUT2D eigenvalue weighted by molar-refractivity contribution is 5.92. The number of nitrogens with two attached hydrogens (primary N) is 2. The zero-order chi connectivity index (χ0) is 22.1. The van der Waals surface area contributed by atoms with Gasteiger partial charge in [0.05, 0.1) is 17.9 Å². The van der Waals surface area contributed by atoms with E-state index in [2.05, 4.69) is 20.3 Å². The zero-order valence-corrected chi connectivity index (χ0v) is 17.0. The fraction of sp³-hybridized carbons (Fsp3) is 0.0417. The van der Waals surface area contributed by atoms with Crippen LogP contribution in [0.3, 0.4) is 0 Å². The first kappa shape index (κ1) is 19.5. The zero-order valence-electron chi connectivity index (χ0n) is 17.0. The molecule has 5 rings (SSSR count). The topological polar surface area (TPSA) is 107 Å². The number of nitrogens with zero attached hydrogens (tertiary/aromatic N) is 4. The Hall–Kier alpha value is -4.46. The molecule has 0 unspecified atom stereocenters. The van der Waals surface area contributed by atoms with Crippen LogP contribution in [0.25, 0.3) is 33.4 Å². The second kappa shape index (κ2) is 7.99. The van der Waals surface area contributed by atoms with Gasteiger partial charge in [0.15, 0.2) is 0 Å². The van der Waals surface area contributed by atoms with Crippen LogP contribution in [0.2, 0.25) is 0 Å². The minimum atomic E-state index is -0.426. The maximum Gasteiger partial charge on any atom is 0.206 e. The van der Waals surface area contributed by atoms with Gasteiger partial charge in [0, 0.05) is 30.2 Å². The van der Waals surface area contributed by atoms with Crippen LogP contribution in [0.15, 0.2) is 79.4 Å². The van der Waals surface area contributed by atoms with Crippen LogP contribution in [-0.2, 0) is 6.54 Å². The van der Waals surface area contributed by atoms with Crippen molar-refractivity contribution in [3.63, 3.8) is 0 Å². The summed E-state index contributed by atoms with van der Waals surface area (Å²) >= 11 is 0. The van der Waals surface area contributed by atoms with Crippen LogP contribution in [0.4, 0.5) is 10.3 Å². The lowest BCUT2D eigenvalue weighted by Gasteiger charge is -2.05. The highest BCUT2D eigenvalue weighted by Crippen LogP contribution is 2.23. The molecule has 0 fully saturated rings. The van der Waals surface area contributed by atoms with E-state index in [0.29, 0.717) is 23.3 Å². The van der Waals surface area contributed by atoms with E-state index in [1.54, 1.807) is 35.1 Å². The molecule has 2 aromatic carbocycles. The van der Waals surface area contributed by atoms with Crippen LogP contribution in [-0.4, -0.2) is 19.4 Å². The summed E-state index contributed by atoms with van der Waals surface area (Å²) in [6, 6.07) is 16.6. The van der Waals surface area contributed by atoms with Gasteiger partial charge in [-0.25, -0.2) is 14.4 Å². The molecule has 0 saturated carbocycles. The Labute approximate surface area is 183 Å². The maximum atomic E-state index is 14.1. The lowest BCUT2D eigenvalue weighted by molar-refractivity contribution is 0.636. The first-order valence-corrected chi connectivity index (χ1v) is 10.0. The molecule has 5 aromatic rings. The number of benzene rings is 2. The molecule has 0 bridgehead atoms. The molecule has 0 atom stereocenters. The molecule has 0 aliphatic rings. The third-order valence-electron chi connectivity index (χ3n) is 5.21. The molecule has 0 spiro atoms. The van der Waals surface area contributed by atoms with Gasteiger partial charge in [0.1, 0.15) is 17.0 Å². The monoisotopic (exact) mass is 425 g/mol. The predicted octanol–water partition coefficient (Wildman–Crippen LogP) is 3.71. The molecule has 158 valence electrons. The number of pyridine rings is 1. The van der Waals surface area contributed by atoms with Crippen LogP contribution in [0.5, 0.6) is 0 Å². The fourth-order valence-corrected chi connectivity index (χ4v) is 3.59. The smallest absolute Gasteiger partial charge is 0.206 e. The Bertz CT molecular complexity index is 1440. The molecule has 7 nitrogen and oxygen atoms in total. The average molecular weight is 425 g/mol. The third-order valence-corrected chi connectivity index (χ3v) is 5.21. The molecule has 32 heavy (non-hydrogen) atoms. The number of imidazole rings is 1. The summed E-state index contributed by atoms with van der Waals surface area (Å²) in [4.78, 5) is 12.9. The van der Waals surface area contributed by atoms with Gasteiger partial charge in [-0.05, 0) is 34.9 Å². The molecule has 5 N–H and O–H groups in total. The molecular weight excluding hydrogens is 405 g/mol. The first-order valence-electron chi connectivity index (χ1n) is 10.0. The van der Waals surface area contributed by atoms with Gasteiger partial charge in [-0.3, -0.25) is 9.38 Å². The largest absolute Gasteiger partial charge is 0.397 e. The van der Waals surface area contributed by atoms with E-state index >= 15 is 0 Å². The van der Waals surface area contributed by atoms with E-state index in [-0.39, 0.29) is 11.5 Å². The van der Waals surface area contributed by atoms with Crippen molar-refractivity contribution in [2.45, 2.75) is 6.54 Å². The van der Waals surface area contributed by atoms with Crippen molar-refractivity contribution < 1.29 is 4.39 Å². The number of rotatable bonds is 5. The normalized spacial score (nSPS) is 11.8.